The lowest BCUT2D eigenvalue weighted by molar-refractivity contribution is 0.103. The number of halogens is 2. The summed E-state index contributed by atoms with van der Waals surface area (Å²) in [6.07, 6.45) is 0. The first-order chi connectivity index (χ1) is 11.1. The molecular formula is C19H12I2O2. The zero-order valence-electron chi connectivity index (χ0n) is 12.0. The van der Waals surface area contributed by atoms with Crippen molar-refractivity contribution < 1.29 is 9.53 Å². The van der Waals surface area contributed by atoms with Gasteiger partial charge in [-0.1, -0.05) is 12.1 Å². The Balaban J connectivity index is 1.83. The smallest absolute Gasteiger partial charge is 0.193 e. The highest BCUT2D eigenvalue weighted by atomic mass is 127. The molecule has 3 rings (SSSR count). The molecule has 0 amide bonds. The molecule has 0 heterocycles. The van der Waals surface area contributed by atoms with Crippen molar-refractivity contribution in [2.24, 2.45) is 0 Å². The molecule has 0 radical (unpaired) electrons. The number of rotatable bonds is 4. The van der Waals surface area contributed by atoms with Crippen LogP contribution < -0.4 is 4.74 Å². The Morgan fingerprint density at radius 3 is 1.96 bits per heavy atom. The second-order valence-corrected chi connectivity index (χ2v) is 7.41. The zero-order valence-corrected chi connectivity index (χ0v) is 16.3. The van der Waals surface area contributed by atoms with Gasteiger partial charge in [0.25, 0.3) is 0 Å². The molecule has 0 aliphatic heterocycles. The van der Waals surface area contributed by atoms with Crippen LogP contribution in [-0.4, -0.2) is 5.78 Å². The molecule has 0 N–H and O–H groups in total. The maximum absolute atomic E-state index is 12.5. The van der Waals surface area contributed by atoms with E-state index in [1.807, 2.05) is 60.7 Å². The van der Waals surface area contributed by atoms with Crippen LogP contribution >= 0.6 is 45.2 Å². The molecule has 2 nitrogen and oxygen atoms in total. The third-order valence-corrected chi connectivity index (χ3v) is 4.69. The highest BCUT2D eigenvalue weighted by Gasteiger charge is 2.10. The van der Waals surface area contributed by atoms with Gasteiger partial charge in [0.15, 0.2) is 5.78 Å². The van der Waals surface area contributed by atoms with Gasteiger partial charge in [0.1, 0.15) is 11.5 Å². The summed E-state index contributed by atoms with van der Waals surface area (Å²) < 4.78 is 8.08. The van der Waals surface area contributed by atoms with E-state index in [1.54, 1.807) is 12.1 Å². The second-order valence-electron chi connectivity index (χ2n) is 4.92. The highest BCUT2D eigenvalue weighted by molar-refractivity contribution is 14.1. The first-order valence-corrected chi connectivity index (χ1v) is 9.11. The van der Waals surface area contributed by atoms with Crippen molar-refractivity contribution in [2.45, 2.75) is 0 Å². The van der Waals surface area contributed by atoms with E-state index < -0.39 is 0 Å². The molecule has 0 saturated heterocycles. The minimum atomic E-state index is -0.00513. The number of benzene rings is 3. The molecule has 3 aromatic rings. The van der Waals surface area contributed by atoms with Gasteiger partial charge >= 0.3 is 0 Å². The highest BCUT2D eigenvalue weighted by Crippen LogP contribution is 2.24. The molecule has 3 aromatic carbocycles. The summed E-state index contributed by atoms with van der Waals surface area (Å²) in [5.41, 5.74) is 1.30. The predicted molar refractivity (Wildman–Crippen MR) is 108 cm³/mol. The van der Waals surface area contributed by atoms with Gasteiger partial charge < -0.3 is 4.74 Å². The largest absolute Gasteiger partial charge is 0.457 e. The van der Waals surface area contributed by atoms with Gasteiger partial charge in [-0.2, -0.15) is 0 Å². The van der Waals surface area contributed by atoms with Gasteiger partial charge in [-0.25, -0.2) is 0 Å². The fourth-order valence-electron chi connectivity index (χ4n) is 2.11. The van der Waals surface area contributed by atoms with Crippen molar-refractivity contribution in [1.29, 1.82) is 0 Å². The quantitative estimate of drug-likeness (QED) is 0.312. The monoisotopic (exact) mass is 526 g/mol. The number of hydrogen-bond acceptors (Lipinski definition) is 2. The van der Waals surface area contributed by atoms with E-state index >= 15 is 0 Å². The lowest BCUT2D eigenvalue weighted by atomic mass is 10.0. The van der Waals surface area contributed by atoms with Gasteiger partial charge in [-0.3, -0.25) is 4.79 Å². The van der Waals surface area contributed by atoms with Gasteiger partial charge in [0, 0.05) is 18.3 Å². The average molecular weight is 526 g/mol. The summed E-state index contributed by atoms with van der Waals surface area (Å²) in [4.78, 5) is 12.5. The predicted octanol–water partition coefficient (Wildman–Crippen LogP) is 5.92. The van der Waals surface area contributed by atoms with Crippen molar-refractivity contribution in [3.05, 3.63) is 91.1 Å². The van der Waals surface area contributed by atoms with Gasteiger partial charge in [-0.15, -0.1) is 0 Å². The Morgan fingerprint density at radius 1 is 0.696 bits per heavy atom. The number of carbonyl (C=O) groups excluding carboxylic acids is 1. The summed E-state index contributed by atoms with van der Waals surface area (Å²) in [6, 6.07) is 22.6. The molecule has 4 heteroatoms. The molecule has 0 aliphatic rings. The van der Waals surface area contributed by atoms with E-state index in [0.717, 1.165) is 12.9 Å². The van der Waals surface area contributed by atoms with E-state index in [0.29, 0.717) is 16.9 Å². The van der Waals surface area contributed by atoms with Crippen LogP contribution in [0.15, 0.2) is 72.8 Å². The van der Waals surface area contributed by atoms with Crippen LogP contribution in [0.3, 0.4) is 0 Å². The molecule has 0 spiro atoms. The molecule has 0 fully saturated rings. The Bertz CT molecular complexity index is 825. The van der Waals surface area contributed by atoms with E-state index in [-0.39, 0.29) is 5.78 Å². The van der Waals surface area contributed by atoms with Crippen LogP contribution in [0, 0.1) is 7.14 Å². The summed E-state index contributed by atoms with van der Waals surface area (Å²) in [5, 5.41) is 0. The Hall–Kier alpha value is -1.41. The topological polar surface area (TPSA) is 26.3 Å². The summed E-state index contributed by atoms with van der Waals surface area (Å²) in [7, 11) is 0. The maximum atomic E-state index is 12.5. The molecule has 0 saturated carbocycles. The minimum Gasteiger partial charge on any atom is -0.457 e. The summed E-state index contributed by atoms with van der Waals surface area (Å²) in [5.74, 6) is 1.40. The van der Waals surface area contributed by atoms with Gasteiger partial charge in [-0.05, 0) is 106 Å². The molecule has 0 aromatic heterocycles. The third-order valence-electron chi connectivity index (χ3n) is 3.25. The Labute approximate surface area is 162 Å². The zero-order chi connectivity index (χ0) is 16.2. The van der Waals surface area contributed by atoms with E-state index in [2.05, 4.69) is 45.2 Å². The normalized spacial score (nSPS) is 10.3. The van der Waals surface area contributed by atoms with Crippen molar-refractivity contribution in [3.8, 4) is 11.5 Å². The van der Waals surface area contributed by atoms with Crippen molar-refractivity contribution in [3.63, 3.8) is 0 Å². The van der Waals surface area contributed by atoms with Crippen LogP contribution in [0.4, 0.5) is 0 Å². The second kappa shape index (κ2) is 7.44. The fraction of sp³-hybridized carbons (Fsp3) is 0. The first kappa shape index (κ1) is 16.4. The standard InChI is InChI=1S/C19H12I2O2/c20-15-6-4-13(5-7-15)19(22)14-2-1-3-18(12-14)23-17-10-8-16(21)9-11-17/h1-12H. The van der Waals surface area contributed by atoms with Crippen LogP contribution in [-0.2, 0) is 0 Å². The van der Waals surface area contributed by atoms with Crippen LogP contribution in [0.1, 0.15) is 15.9 Å². The molecule has 23 heavy (non-hydrogen) atoms. The number of carbonyl (C=O) groups is 1. The Morgan fingerprint density at radius 2 is 1.30 bits per heavy atom. The van der Waals surface area contributed by atoms with Crippen molar-refractivity contribution in [2.75, 3.05) is 0 Å². The van der Waals surface area contributed by atoms with Crippen LogP contribution in [0.25, 0.3) is 0 Å². The number of ketones is 1. The van der Waals surface area contributed by atoms with Gasteiger partial charge in [0.2, 0.25) is 0 Å². The lowest BCUT2D eigenvalue weighted by Crippen LogP contribution is -2.01. The summed E-state index contributed by atoms with van der Waals surface area (Å²) in [6.45, 7) is 0. The summed E-state index contributed by atoms with van der Waals surface area (Å²) >= 11 is 4.47. The third kappa shape index (κ3) is 4.32. The van der Waals surface area contributed by atoms with Crippen LogP contribution in [0.2, 0.25) is 0 Å². The van der Waals surface area contributed by atoms with Gasteiger partial charge in [0.05, 0.1) is 0 Å². The molecule has 0 atom stereocenters. The minimum absolute atomic E-state index is 0.00513. The van der Waals surface area contributed by atoms with Crippen molar-refractivity contribution in [1.82, 2.24) is 0 Å². The molecule has 0 aliphatic carbocycles. The van der Waals surface area contributed by atoms with Crippen molar-refractivity contribution >= 4 is 51.0 Å². The average Bonchev–Trinajstić information content (AvgIpc) is 2.57. The molecule has 0 bridgehead atoms. The van der Waals surface area contributed by atoms with Crippen LogP contribution in [0.5, 0.6) is 11.5 Å². The molecular weight excluding hydrogens is 514 g/mol. The van der Waals surface area contributed by atoms with E-state index in [1.165, 1.54) is 0 Å². The fourth-order valence-corrected chi connectivity index (χ4v) is 2.83. The van der Waals surface area contributed by atoms with E-state index in [9.17, 15) is 4.79 Å². The first-order valence-electron chi connectivity index (χ1n) is 6.95. The Kier molecular flexibility index (Phi) is 5.32. The maximum Gasteiger partial charge on any atom is 0.193 e. The lowest BCUT2D eigenvalue weighted by Gasteiger charge is -2.08. The number of hydrogen-bond donors (Lipinski definition) is 0. The molecule has 0 unspecified atom stereocenters. The van der Waals surface area contributed by atoms with E-state index in [4.69, 9.17) is 4.74 Å². The molecule has 114 valence electrons. The number of ether oxygens (including phenoxy) is 1. The SMILES string of the molecule is O=C(c1ccc(I)cc1)c1cccc(Oc2ccc(I)cc2)c1.